The van der Waals surface area contributed by atoms with E-state index in [0.29, 0.717) is 5.69 Å². The van der Waals surface area contributed by atoms with Crippen molar-refractivity contribution in [1.29, 1.82) is 0 Å². The molecule has 0 bridgehead atoms. The summed E-state index contributed by atoms with van der Waals surface area (Å²) < 4.78 is 4.93. The van der Waals surface area contributed by atoms with E-state index in [9.17, 15) is 4.79 Å². The fourth-order valence-electron chi connectivity index (χ4n) is 1.05. The van der Waals surface area contributed by atoms with Gasteiger partial charge in [0.2, 0.25) is 0 Å². The molecule has 1 aromatic carbocycles. The van der Waals surface area contributed by atoms with Gasteiger partial charge in [-0.05, 0) is 32.0 Å². The summed E-state index contributed by atoms with van der Waals surface area (Å²) in [5.74, 6) is 2.49. The molecule has 1 amide bonds. The van der Waals surface area contributed by atoms with Crippen molar-refractivity contribution in [2.24, 2.45) is 0 Å². The second-order valence-corrected chi connectivity index (χ2v) is 3.30. The molecule has 78 valence electrons. The number of carbonyl (C=O) groups is 1. The Hall–Kier alpha value is -1.95. The van der Waals surface area contributed by atoms with Gasteiger partial charge < -0.3 is 4.74 Å². The van der Waals surface area contributed by atoms with Crippen LogP contribution in [-0.2, 0) is 4.74 Å². The van der Waals surface area contributed by atoms with Crippen LogP contribution in [0.2, 0.25) is 0 Å². The van der Waals surface area contributed by atoms with Gasteiger partial charge in [-0.15, -0.1) is 6.42 Å². The van der Waals surface area contributed by atoms with Gasteiger partial charge in [-0.1, -0.05) is 12.0 Å². The first-order chi connectivity index (χ1) is 7.11. The molecule has 0 aliphatic rings. The third kappa shape index (κ3) is 3.74. The van der Waals surface area contributed by atoms with E-state index < -0.39 is 6.09 Å². The number of ether oxygens (including phenoxy) is 1. The average Bonchev–Trinajstić information content (AvgIpc) is 2.16. The third-order valence-corrected chi connectivity index (χ3v) is 1.62. The second-order valence-electron chi connectivity index (χ2n) is 3.30. The molecule has 1 N–H and O–H groups in total. The number of hydrogen-bond donors (Lipinski definition) is 1. The first kappa shape index (κ1) is 11.1. The predicted molar refractivity (Wildman–Crippen MR) is 59.6 cm³/mol. The molecule has 0 radical (unpaired) electrons. The zero-order valence-electron chi connectivity index (χ0n) is 8.78. The Morgan fingerprint density at radius 1 is 1.53 bits per heavy atom. The van der Waals surface area contributed by atoms with Crippen molar-refractivity contribution in [2.45, 2.75) is 20.0 Å². The summed E-state index contributed by atoms with van der Waals surface area (Å²) in [6, 6.07) is 7.03. The van der Waals surface area contributed by atoms with Gasteiger partial charge in [-0.2, -0.15) is 0 Å². The molecular formula is C12H13NO2. The number of benzene rings is 1. The summed E-state index contributed by atoms with van der Waals surface area (Å²) >= 11 is 0. The van der Waals surface area contributed by atoms with Crippen LogP contribution in [0.4, 0.5) is 10.5 Å². The molecule has 0 aliphatic carbocycles. The molecule has 0 heterocycles. The highest BCUT2D eigenvalue weighted by atomic mass is 16.6. The second kappa shape index (κ2) is 5.06. The van der Waals surface area contributed by atoms with E-state index in [1.807, 2.05) is 0 Å². The van der Waals surface area contributed by atoms with Crippen LogP contribution in [-0.4, -0.2) is 12.2 Å². The molecule has 0 fully saturated rings. The first-order valence-electron chi connectivity index (χ1n) is 4.66. The summed E-state index contributed by atoms with van der Waals surface area (Å²) in [5, 5.41) is 2.59. The summed E-state index contributed by atoms with van der Waals surface area (Å²) in [5.41, 5.74) is 1.36. The Balaban J connectivity index is 2.65. The Morgan fingerprint density at radius 2 is 2.27 bits per heavy atom. The van der Waals surface area contributed by atoms with Crippen molar-refractivity contribution < 1.29 is 9.53 Å². The fraction of sp³-hybridized carbons (Fsp3) is 0.250. The Kier molecular flexibility index (Phi) is 3.75. The Morgan fingerprint density at radius 3 is 2.87 bits per heavy atom. The number of anilines is 1. The highest BCUT2D eigenvalue weighted by Gasteiger charge is 2.04. The minimum Gasteiger partial charge on any atom is -0.447 e. The van der Waals surface area contributed by atoms with Crippen molar-refractivity contribution in [2.75, 3.05) is 5.32 Å². The number of terminal acetylenes is 1. The van der Waals surface area contributed by atoms with Crippen LogP contribution in [0.25, 0.3) is 0 Å². The number of hydrogen-bond acceptors (Lipinski definition) is 2. The molecule has 0 saturated carbocycles. The molecule has 3 heteroatoms. The van der Waals surface area contributed by atoms with Gasteiger partial charge in [-0.25, -0.2) is 4.79 Å². The maximum atomic E-state index is 11.2. The highest BCUT2D eigenvalue weighted by molar-refractivity contribution is 5.84. The van der Waals surface area contributed by atoms with Crippen molar-refractivity contribution in [3.63, 3.8) is 0 Å². The van der Waals surface area contributed by atoms with Gasteiger partial charge in [0, 0.05) is 11.3 Å². The highest BCUT2D eigenvalue weighted by Crippen LogP contribution is 2.10. The molecule has 0 atom stereocenters. The minimum atomic E-state index is -0.473. The summed E-state index contributed by atoms with van der Waals surface area (Å²) in [4.78, 5) is 11.2. The van der Waals surface area contributed by atoms with Gasteiger partial charge in [0.15, 0.2) is 0 Å². The van der Waals surface area contributed by atoms with Gasteiger partial charge in [0.05, 0.1) is 6.10 Å². The van der Waals surface area contributed by atoms with Crippen LogP contribution in [0, 0.1) is 12.3 Å². The molecule has 3 nitrogen and oxygen atoms in total. The minimum absolute atomic E-state index is 0.138. The topological polar surface area (TPSA) is 38.3 Å². The number of carbonyl (C=O) groups excluding carboxylic acids is 1. The SMILES string of the molecule is C#Cc1cccc(NC(=O)OC(C)C)c1. The number of nitrogens with one attached hydrogen (secondary N) is 1. The zero-order valence-corrected chi connectivity index (χ0v) is 8.78. The molecule has 0 aromatic heterocycles. The molecule has 0 saturated heterocycles. The summed E-state index contributed by atoms with van der Waals surface area (Å²) in [6.07, 6.45) is 4.63. The Labute approximate surface area is 89.4 Å². The zero-order chi connectivity index (χ0) is 11.3. The van der Waals surface area contributed by atoms with Crippen LogP contribution in [0.15, 0.2) is 24.3 Å². The van der Waals surface area contributed by atoms with E-state index in [0.717, 1.165) is 5.56 Å². The van der Waals surface area contributed by atoms with E-state index in [-0.39, 0.29) is 6.10 Å². The van der Waals surface area contributed by atoms with E-state index in [1.165, 1.54) is 0 Å². The molecule has 0 spiro atoms. The van der Waals surface area contributed by atoms with E-state index in [1.54, 1.807) is 38.1 Å². The lowest BCUT2D eigenvalue weighted by Crippen LogP contribution is -2.17. The molecule has 0 aliphatic heterocycles. The summed E-state index contributed by atoms with van der Waals surface area (Å²) in [6.45, 7) is 3.58. The van der Waals surface area contributed by atoms with E-state index in [2.05, 4.69) is 11.2 Å². The quantitative estimate of drug-likeness (QED) is 0.750. The molecule has 1 aromatic rings. The predicted octanol–water partition coefficient (Wildman–Crippen LogP) is 2.62. The fourth-order valence-corrected chi connectivity index (χ4v) is 1.05. The summed E-state index contributed by atoms with van der Waals surface area (Å²) in [7, 11) is 0. The molecule has 1 rings (SSSR count). The lowest BCUT2D eigenvalue weighted by molar-refractivity contribution is 0.130. The van der Waals surface area contributed by atoms with Crippen LogP contribution in [0.1, 0.15) is 19.4 Å². The maximum absolute atomic E-state index is 11.2. The monoisotopic (exact) mass is 203 g/mol. The van der Waals surface area contributed by atoms with Gasteiger partial charge >= 0.3 is 6.09 Å². The van der Waals surface area contributed by atoms with Crippen molar-refractivity contribution in [1.82, 2.24) is 0 Å². The molecule has 15 heavy (non-hydrogen) atoms. The third-order valence-electron chi connectivity index (χ3n) is 1.62. The molecular weight excluding hydrogens is 190 g/mol. The van der Waals surface area contributed by atoms with E-state index in [4.69, 9.17) is 11.2 Å². The normalized spacial score (nSPS) is 9.47. The molecule has 0 unspecified atom stereocenters. The largest absolute Gasteiger partial charge is 0.447 e. The van der Waals surface area contributed by atoms with Crippen LogP contribution in [0.5, 0.6) is 0 Å². The van der Waals surface area contributed by atoms with Gasteiger partial charge in [-0.3, -0.25) is 5.32 Å². The van der Waals surface area contributed by atoms with Gasteiger partial charge in [0.1, 0.15) is 0 Å². The van der Waals surface area contributed by atoms with Crippen LogP contribution in [0.3, 0.4) is 0 Å². The van der Waals surface area contributed by atoms with E-state index >= 15 is 0 Å². The van der Waals surface area contributed by atoms with Crippen LogP contribution < -0.4 is 5.32 Å². The Bertz CT molecular complexity index is 391. The lowest BCUT2D eigenvalue weighted by atomic mass is 10.2. The van der Waals surface area contributed by atoms with Gasteiger partial charge in [0.25, 0.3) is 0 Å². The smallest absolute Gasteiger partial charge is 0.411 e. The lowest BCUT2D eigenvalue weighted by Gasteiger charge is -2.09. The average molecular weight is 203 g/mol. The van der Waals surface area contributed by atoms with Crippen molar-refractivity contribution in [3.05, 3.63) is 29.8 Å². The van der Waals surface area contributed by atoms with Crippen molar-refractivity contribution >= 4 is 11.8 Å². The standard InChI is InChI=1S/C12H13NO2/c1-4-10-6-5-7-11(8-10)13-12(14)15-9(2)3/h1,5-9H,2-3H3,(H,13,14). The number of rotatable bonds is 2. The van der Waals surface area contributed by atoms with Crippen molar-refractivity contribution in [3.8, 4) is 12.3 Å². The number of amides is 1. The van der Waals surface area contributed by atoms with Crippen LogP contribution >= 0.6 is 0 Å². The first-order valence-corrected chi connectivity index (χ1v) is 4.66. The maximum Gasteiger partial charge on any atom is 0.411 e.